The Bertz CT molecular complexity index is 592. The molecule has 0 amide bonds. The summed E-state index contributed by atoms with van der Waals surface area (Å²) < 4.78 is 11.1. The molecule has 2 aromatic carbocycles. The number of ether oxygens (including phenoxy) is 2. The summed E-state index contributed by atoms with van der Waals surface area (Å²) in [5, 5.41) is 0. The molecule has 0 saturated heterocycles. The zero-order chi connectivity index (χ0) is 13.9. The molecule has 0 saturated carbocycles. The van der Waals surface area contributed by atoms with Gasteiger partial charge in [-0.15, -0.1) is 0 Å². The molecule has 0 bridgehead atoms. The first kappa shape index (κ1) is 12.9. The Hall–Kier alpha value is -2.16. The van der Waals surface area contributed by atoms with Crippen molar-refractivity contribution in [3.63, 3.8) is 0 Å². The number of aryl methyl sites for hydroxylation is 1. The number of hydrogen-bond acceptors (Lipinski definition) is 3. The molecule has 3 heteroatoms. The van der Waals surface area contributed by atoms with Crippen molar-refractivity contribution in [2.24, 2.45) is 0 Å². The van der Waals surface area contributed by atoms with Gasteiger partial charge in [0.1, 0.15) is 11.5 Å². The van der Waals surface area contributed by atoms with Crippen molar-refractivity contribution in [1.29, 1.82) is 0 Å². The zero-order valence-electron chi connectivity index (χ0n) is 11.9. The summed E-state index contributed by atoms with van der Waals surface area (Å²) >= 11 is 0. The molecule has 0 spiro atoms. The van der Waals surface area contributed by atoms with Crippen molar-refractivity contribution in [3.05, 3.63) is 53.6 Å². The van der Waals surface area contributed by atoms with Gasteiger partial charge in [-0.25, -0.2) is 0 Å². The van der Waals surface area contributed by atoms with Gasteiger partial charge in [0.15, 0.2) is 6.73 Å². The molecule has 0 aliphatic carbocycles. The maximum Gasteiger partial charge on any atom is 0.161 e. The van der Waals surface area contributed by atoms with Crippen LogP contribution in [0.3, 0.4) is 0 Å². The highest BCUT2D eigenvalue weighted by Crippen LogP contribution is 2.31. The van der Waals surface area contributed by atoms with Crippen molar-refractivity contribution in [2.45, 2.75) is 19.9 Å². The molecule has 3 nitrogen and oxygen atoms in total. The molecule has 0 N–H and O–H groups in total. The number of methoxy groups -OCH3 is 1. The Kier molecular flexibility index (Phi) is 3.50. The number of nitrogens with zero attached hydrogens (tertiary/aromatic N) is 1. The molecule has 1 aliphatic heterocycles. The summed E-state index contributed by atoms with van der Waals surface area (Å²) in [5.41, 5.74) is 3.71. The lowest BCUT2D eigenvalue weighted by atomic mass is 10.1. The quantitative estimate of drug-likeness (QED) is 0.849. The van der Waals surface area contributed by atoms with Gasteiger partial charge in [-0.2, -0.15) is 0 Å². The molecule has 2 aromatic rings. The molecule has 3 rings (SSSR count). The molecule has 0 fully saturated rings. The molecule has 0 atom stereocenters. The predicted octanol–water partition coefficient (Wildman–Crippen LogP) is 3.61. The van der Waals surface area contributed by atoms with Crippen LogP contribution in [0.1, 0.15) is 18.1 Å². The summed E-state index contributed by atoms with van der Waals surface area (Å²) in [7, 11) is 1.69. The van der Waals surface area contributed by atoms with Crippen LogP contribution in [0, 0.1) is 0 Å². The third kappa shape index (κ3) is 2.44. The second-order valence-corrected chi connectivity index (χ2v) is 4.97. The van der Waals surface area contributed by atoms with Crippen molar-refractivity contribution >= 4 is 5.69 Å². The lowest BCUT2D eigenvalue weighted by Crippen LogP contribution is -2.31. The average Bonchev–Trinajstić information content (AvgIpc) is 2.54. The highest BCUT2D eigenvalue weighted by molar-refractivity contribution is 5.52. The van der Waals surface area contributed by atoms with Crippen LogP contribution >= 0.6 is 0 Å². The highest BCUT2D eigenvalue weighted by Gasteiger charge is 2.18. The maximum atomic E-state index is 5.82. The first-order chi connectivity index (χ1) is 9.80. The van der Waals surface area contributed by atoms with E-state index in [1.807, 2.05) is 18.2 Å². The van der Waals surface area contributed by atoms with Gasteiger partial charge in [0, 0.05) is 17.8 Å². The largest absolute Gasteiger partial charge is 0.497 e. The Labute approximate surface area is 119 Å². The first-order valence-electron chi connectivity index (χ1n) is 6.93. The SMILES string of the molecule is CCc1ccc(N2COc3ccc(OC)cc3C2)cc1. The van der Waals surface area contributed by atoms with Crippen LogP contribution in [0.2, 0.25) is 0 Å². The monoisotopic (exact) mass is 269 g/mol. The van der Waals surface area contributed by atoms with Gasteiger partial charge < -0.3 is 14.4 Å². The van der Waals surface area contributed by atoms with Gasteiger partial charge in [0.2, 0.25) is 0 Å². The minimum atomic E-state index is 0.588. The van der Waals surface area contributed by atoms with E-state index in [2.05, 4.69) is 36.1 Å². The Morgan fingerprint density at radius 1 is 1.15 bits per heavy atom. The average molecular weight is 269 g/mol. The number of hydrogen-bond donors (Lipinski definition) is 0. The standard InChI is InChI=1S/C17H19NO2/c1-3-13-4-6-15(7-5-13)18-11-14-10-16(19-2)8-9-17(14)20-12-18/h4-10H,3,11-12H2,1-2H3. The van der Waals surface area contributed by atoms with E-state index >= 15 is 0 Å². The number of fused-ring (bicyclic) bond motifs is 1. The van der Waals surface area contributed by atoms with Gasteiger partial charge in [0.05, 0.1) is 7.11 Å². The molecule has 1 heterocycles. The lowest BCUT2D eigenvalue weighted by Gasteiger charge is -2.31. The summed E-state index contributed by atoms with van der Waals surface area (Å²) in [6, 6.07) is 14.6. The van der Waals surface area contributed by atoms with E-state index in [9.17, 15) is 0 Å². The molecule has 0 aromatic heterocycles. The zero-order valence-corrected chi connectivity index (χ0v) is 11.9. The van der Waals surface area contributed by atoms with E-state index in [0.717, 1.165) is 30.0 Å². The lowest BCUT2D eigenvalue weighted by molar-refractivity contribution is 0.288. The third-order valence-corrected chi connectivity index (χ3v) is 3.71. The van der Waals surface area contributed by atoms with Crippen LogP contribution in [0.4, 0.5) is 5.69 Å². The Morgan fingerprint density at radius 2 is 1.95 bits per heavy atom. The highest BCUT2D eigenvalue weighted by atomic mass is 16.5. The topological polar surface area (TPSA) is 21.7 Å². The molecule has 0 unspecified atom stereocenters. The summed E-state index contributed by atoms with van der Waals surface area (Å²) in [5.74, 6) is 1.82. The fourth-order valence-corrected chi connectivity index (χ4v) is 2.45. The van der Waals surface area contributed by atoms with Gasteiger partial charge in [-0.05, 0) is 42.3 Å². The first-order valence-corrected chi connectivity index (χ1v) is 6.93. The normalized spacial score (nSPS) is 13.6. The van der Waals surface area contributed by atoms with Crippen LogP contribution in [0.15, 0.2) is 42.5 Å². The van der Waals surface area contributed by atoms with Gasteiger partial charge in [-0.3, -0.25) is 0 Å². The van der Waals surface area contributed by atoms with E-state index in [1.165, 1.54) is 11.3 Å². The number of rotatable bonds is 3. The summed E-state index contributed by atoms with van der Waals surface area (Å²) in [4.78, 5) is 2.22. The summed E-state index contributed by atoms with van der Waals surface area (Å²) in [6.07, 6.45) is 1.07. The van der Waals surface area contributed by atoms with Gasteiger partial charge in [-0.1, -0.05) is 19.1 Å². The molecule has 104 valence electrons. The maximum absolute atomic E-state index is 5.82. The third-order valence-electron chi connectivity index (χ3n) is 3.71. The Balaban J connectivity index is 1.83. The minimum Gasteiger partial charge on any atom is -0.497 e. The van der Waals surface area contributed by atoms with Gasteiger partial charge >= 0.3 is 0 Å². The minimum absolute atomic E-state index is 0.588. The van der Waals surface area contributed by atoms with Crippen molar-refractivity contribution < 1.29 is 9.47 Å². The Morgan fingerprint density at radius 3 is 2.65 bits per heavy atom. The van der Waals surface area contributed by atoms with Crippen molar-refractivity contribution in [1.82, 2.24) is 0 Å². The van der Waals surface area contributed by atoms with Crippen molar-refractivity contribution in [2.75, 3.05) is 18.7 Å². The van der Waals surface area contributed by atoms with E-state index in [1.54, 1.807) is 7.11 Å². The fourth-order valence-electron chi connectivity index (χ4n) is 2.45. The second-order valence-electron chi connectivity index (χ2n) is 4.97. The van der Waals surface area contributed by atoms with Crippen LogP contribution in [-0.4, -0.2) is 13.8 Å². The smallest absolute Gasteiger partial charge is 0.161 e. The van der Waals surface area contributed by atoms with E-state index in [-0.39, 0.29) is 0 Å². The van der Waals surface area contributed by atoms with E-state index < -0.39 is 0 Å². The van der Waals surface area contributed by atoms with Crippen molar-refractivity contribution in [3.8, 4) is 11.5 Å². The molecular formula is C17H19NO2. The molecule has 1 aliphatic rings. The number of anilines is 1. The van der Waals surface area contributed by atoms with Crippen LogP contribution in [0.5, 0.6) is 11.5 Å². The predicted molar refractivity (Wildman–Crippen MR) is 80.5 cm³/mol. The van der Waals surface area contributed by atoms with Crippen LogP contribution < -0.4 is 14.4 Å². The van der Waals surface area contributed by atoms with E-state index in [4.69, 9.17) is 9.47 Å². The van der Waals surface area contributed by atoms with Crippen LogP contribution in [-0.2, 0) is 13.0 Å². The molecule has 20 heavy (non-hydrogen) atoms. The fraction of sp³-hybridized carbons (Fsp3) is 0.294. The molecular weight excluding hydrogens is 250 g/mol. The number of benzene rings is 2. The van der Waals surface area contributed by atoms with Gasteiger partial charge in [0.25, 0.3) is 0 Å². The summed E-state index contributed by atoms with van der Waals surface area (Å²) in [6.45, 7) is 3.60. The van der Waals surface area contributed by atoms with Crippen LogP contribution in [0.25, 0.3) is 0 Å². The molecule has 0 radical (unpaired) electrons. The second kappa shape index (κ2) is 5.45. The van der Waals surface area contributed by atoms with E-state index in [0.29, 0.717) is 6.73 Å².